The number of benzene rings is 2. The standard InChI is InChI=1S/C18H21NO/c1-14(18(2)11-12-18)19-15-7-6-10-17(13-15)20-16-8-4-3-5-9-16/h3-10,13-14,19H,11-12H2,1-2H3. The Morgan fingerprint density at radius 2 is 1.70 bits per heavy atom. The normalized spacial score (nSPS) is 17.3. The van der Waals surface area contributed by atoms with Crippen molar-refractivity contribution in [1.82, 2.24) is 0 Å². The van der Waals surface area contributed by atoms with Crippen molar-refractivity contribution in [3.05, 3.63) is 54.6 Å². The van der Waals surface area contributed by atoms with Gasteiger partial charge in [0.05, 0.1) is 0 Å². The largest absolute Gasteiger partial charge is 0.457 e. The molecule has 0 aliphatic heterocycles. The number of rotatable bonds is 5. The second-order valence-corrected chi connectivity index (χ2v) is 5.96. The van der Waals surface area contributed by atoms with Gasteiger partial charge in [-0.2, -0.15) is 0 Å². The second kappa shape index (κ2) is 5.20. The SMILES string of the molecule is CC(Nc1cccc(Oc2ccccc2)c1)C1(C)CC1. The monoisotopic (exact) mass is 267 g/mol. The van der Waals surface area contributed by atoms with Gasteiger partial charge in [-0.1, -0.05) is 31.2 Å². The molecule has 1 saturated carbocycles. The number of para-hydroxylation sites is 1. The van der Waals surface area contributed by atoms with Gasteiger partial charge in [-0.15, -0.1) is 0 Å². The molecule has 1 aliphatic carbocycles. The molecule has 3 rings (SSSR count). The lowest BCUT2D eigenvalue weighted by Crippen LogP contribution is -2.24. The van der Waals surface area contributed by atoms with E-state index in [0.29, 0.717) is 11.5 Å². The maximum Gasteiger partial charge on any atom is 0.129 e. The average molecular weight is 267 g/mol. The highest BCUT2D eigenvalue weighted by molar-refractivity contribution is 5.50. The quantitative estimate of drug-likeness (QED) is 0.815. The lowest BCUT2D eigenvalue weighted by Gasteiger charge is -2.22. The molecule has 0 aromatic heterocycles. The molecule has 1 atom stereocenters. The van der Waals surface area contributed by atoms with Crippen LogP contribution < -0.4 is 10.1 Å². The summed E-state index contributed by atoms with van der Waals surface area (Å²) in [7, 11) is 0. The van der Waals surface area contributed by atoms with Crippen molar-refractivity contribution in [2.24, 2.45) is 5.41 Å². The van der Waals surface area contributed by atoms with Crippen molar-refractivity contribution in [3.8, 4) is 11.5 Å². The number of hydrogen-bond donors (Lipinski definition) is 1. The van der Waals surface area contributed by atoms with Crippen LogP contribution in [0.25, 0.3) is 0 Å². The van der Waals surface area contributed by atoms with E-state index in [1.807, 2.05) is 42.5 Å². The van der Waals surface area contributed by atoms with E-state index in [1.54, 1.807) is 0 Å². The molecule has 0 bridgehead atoms. The summed E-state index contributed by atoms with van der Waals surface area (Å²) in [4.78, 5) is 0. The second-order valence-electron chi connectivity index (χ2n) is 5.96. The van der Waals surface area contributed by atoms with Gasteiger partial charge in [0.25, 0.3) is 0 Å². The molecule has 2 aromatic rings. The minimum absolute atomic E-state index is 0.469. The van der Waals surface area contributed by atoms with Gasteiger partial charge in [0, 0.05) is 17.8 Å². The van der Waals surface area contributed by atoms with Crippen molar-refractivity contribution in [1.29, 1.82) is 0 Å². The summed E-state index contributed by atoms with van der Waals surface area (Å²) in [6.07, 6.45) is 2.64. The summed E-state index contributed by atoms with van der Waals surface area (Å²) < 4.78 is 5.86. The van der Waals surface area contributed by atoms with Gasteiger partial charge in [0.1, 0.15) is 11.5 Å². The van der Waals surface area contributed by atoms with Crippen LogP contribution in [-0.4, -0.2) is 6.04 Å². The van der Waals surface area contributed by atoms with Crippen molar-refractivity contribution >= 4 is 5.69 Å². The van der Waals surface area contributed by atoms with Crippen molar-refractivity contribution < 1.29 is 4.74 Å². The van der Waals surface area contributed by atoms with Gasteiger partial charge in [0.15, 0.2) is 0 Å². The maximum atomic E-state index is 5.86. The van der Waals surface area contributed by atoms with Crippen LogP contribution in [0.2, 0.25) is 0 Å². The third-order valence-electron chi connectivity index (χ3n) is 4.28. The van der Waals surface area contributed by atoms with Crippen molar-refractivity contribution in [3.63, 3.8) is 0 Å². The van der Waals surface area contributed by atoms with Gasteiger partial charge in [-0.25, -0.2) is 0 Å². The Morgan fingerprint density at radius 1 is 1.00 bits per heavy atom. The molecular weight excluding hydrogens is 246 g/mol. The van der Waals surface area contributed by atoms with Crippen LogP contribution in [0, 0.1) is 5.41 Å². The molecule has 0 radical (unpaired) electrons. The fourth-order valence-electron chi connectivity index (χ4n) is 2.33. The van der Waals surface area contributed by atoms with E-state index in [2.05, 4.69) is 31.3 Å². The van der Waals surface area contributed by atoms with Gasteiger partial charge in [0.2, 0.25) is 0 Å². The third-order valence-corrected chi connectivity index (χ3v) is 4.28. The smallest absolute Gasteiger partial charge is 0.129 e. The summed E-state index contributed by atoms with van der Waals surface area (Å²) in [5, 5.41) is 3.59. The highest BCUT2D eigenvalue weighted by Gasteiger charge is 2.42. The first-order valence-electron chi connectivity index (χ1n) is 7.25. The molecule has 104 valence electrons. The van der Waals surface area contributed by atoms with E-state index >= 15 is 0 Å². The Balaban J connectivity index is 1.69. The Morgan fingerprint density at radius 3 is 2.40 bits per heavy atom. The van der Waals surface area contributed by atoms with Crippen LogP contribution in [0.1, 0.15) is 26.7 Å². The lowest BCUT2D eigenvalue weighted by molar-refractivity contribution is 0.480. The van der Waals surface area contributed by atoms with E-state index in [9.17, 15) is 0 Å². The van der Waals surface area contributed by atoms with Gasteiger partial charge < -0.3 is 10.1 Å². The number of anilines is 1. The molecule has 1 fully saturated rings. The van der Waals surface area contributed by atoms with Crippen molar-refractivity contribution in [2.45, 2.75) is 32.7 Å². The summed E-state index contributed by atoms with van der Waals surface area (Å²) in [5.41, 5.74) is 1.59. The van der Waals surface area contributed by atoms with Crippen LogP contribution in [0.5, 0.6) is 11.5 Å². The molecular formula is C18H21NO. The van der Waals surface area contributed by atoms with Crippen LogP contribution in [0.15, 0.2) is 54.6 Å². The van der Waals surface area contributed by atoms with E-state index in [0.717, 1.165) is 17.2 Å². The van der Waals surface area contributed by atoms with Crippen LogP contribution >= 0.6 is 0 Å². The molecule has 0 spiro atoms. The number of nitrogens with one attached hydrogen (secondary N) is 1. The highest BCUT2D eigenvalue weighted by atomic mass is 16.5. The van der Waals surface area contributed by atoms with E-state index < -0.39 is 0 Å². The zero-order valence-corrected chi connectivity index (χ0v) is 12.1. The predicted molar refractivity (Wildman–Crippen MR) is 83.4 cm³/mol. The molecule has 0 saturated heterocycles. The molecule has 1 N–H and O–H groups in total. The maximum absolute atomic E-state index is 5.86. The lowest BCUT2D eigenvalue weighted by atomic mass is 10.0. The molecule has 2 nitrogen and oxygen atoms in total. The molecule has 1 aliphatic rings. The Hall–Kier alpha value is -1.96. The van der Waals surface area contributed by atoms with E-state index in [-0.39, 0.29) is 0 Å². The fraction of sp³-hybridized carbons (Fsp3) is 0.333. The molecule has 1 unspecified atom stereocenters. The number of ether oxygens (including phenoxy) is 1. The molecule has 0 amide bonds. The minimum Gasteiger partial charge on any atom is -0.457 e. The Labute approximate surface area is 120 Å². The van der Waals surface area contributed by atoms with Crippen LogP contribution in [0.3, 0.4) is 0 Å². The first kappa shape index (κ1) is 13.0. The summed E-state index contributed by atoms with van der Waals surface area (Å²) in [6, 6.07) is 18.6. The Kier molecular flexibility index (Phi) is 3.39. The highest BCUT2D eigenvalue weighted by Crippen LogP contribution is 2.48. The fourth-order valence-corrected chi connectivity index (χ4v) is 2.33. The van der Waals surface area contributed by atoms with E-state index in [1.165, 1.54) is 12.8 Å². The molecule has 0 heterocycles. The topological polar surface area (TPSA) is 21.3 Å². The first-order chi connectivity index (χ1) is 9.66. The zero-order valence-electron chi connectivity index (χ0n) is 12.1. The third kappa shape index (κ3) is 2.96. The van der Waals surface area contributed by atoms with Crippen LogP contribution in [-0.2, 0) is 0 Å². The van der Waals surface area contributed by atoms with Crippen molar-refractivity contribution in [2.75, 3.05) is 5.32 Å². The van der Waals surface area contributed by atoms with Gasteiger partial charge in [-0.05, 0) is 49.4 Å². The number of hydrogen-bond acceptors (Lipinski definition) is 2. The van der Waals surface area contributed by atoms with Crippen LogP contribution in [0.4, 0.5) is 5.69 Å². The predicted octanol–water partition coefficient (Wildman–Crippen LogP) is 5.08. The molecule has 20 heavy (non-hydrogen) atoms. The minimum atomic E-state index is 0.469. The molecule has 2 heteroatoms. The zero-order chi connectivity index (χ0) is 14.0. The summed E-state index contributed by atoms with van der Waals surface area (Å²) in [6.45, 7) is 4.60. The first-order valence-corrected chi connectivity index (χ1v) is 7.25. The van der Waals surface area contributed by atoms with E-state index in [4.69, 9.17) is 4.74 Å². The summed E-state index contributed by atoms with van der Waals surface area (Å²) >= 11 is 0. The Bertz CT molecular complexity index is 575. The summed E-state index contributed by atoms with van der Waals surface area (Å²) in [5.74, 6) is 1.74. The van der Waals surface area contributed by atoms with Gasteiger partial charge in [-0.3, -0.25) is 0 Å². The van der Waals surface area contributed by atoms with Gasteiger partial charge >= 0.3 is 0 Å². The molecule has 2 aromatic carbocycles. The average Bonchev–Trinajstić information content (AvgIpc) is 3.20.